The van der Waals surface area contributed by atoms with Crippen LogP contribution < -0.4 is 5.32 Å². The average molecular weight is 242 g/mol. The zero-order valence-corrected chi connectivity index (χ0v) is 11.8. The van der Waals surface area contributed by atoms with Gasteiger partial charge in [0, 0.05) is 25.2 Å². The SMILES string of the molecule is CCCC(CCO)CNC1CCN(C(C)C)C1. The van der Waals surface area contributed by atoms with Crippen molar-refractivity contribution < 1.29 is 5.11 Å². The van der Waals surface area contributed by atoms with E-state index in [9.17, 15) is 0 Å². The number of likely N-dealkylation sites (tertiary alicyclic amines) is 1. The van der Waals surface area contributed by atoms with Crippen molar-refractivity contribution in [3.63, 3.8) is 0 Å². The van der Waals surface area contributed by atoms with Crippen molar-refractivity contribution in [2.75, 3.05) is 26.2 Å². The second kappa shape index (κ2) is 8.06. The first-order chi connectivity index (χ1) is 8.17. The van der Waals surface area contributed by atoms with Crippen LogP contribution in [0.15, 0.2) is 0 Å². The molecule has 0 aromatic carbocycles. The molecule has 2 unspecified atom stereocenters. The summed E-state index contributed by atoms with van der Waals surface area (Å²) in [6, 6.07) is 1.33. The number of rotatable bonds is 8. The van der Waals surface area contributed by atoms with E-state index in [0.717, 1.165) is 13.0 Å². The Hall–Kier alpha value is -0.120. The largest absolute Gasteiger partial charge is 0.396 e. The summed E-state index contributed by atoms with van der Waals surface area (Å²) in [6.07, 6.45) is 4.67. The van der Waals surface area contributed by atoms with E-state index in [4.69, 9.17) is 5.11 Å². The van der Waals surface area contributed by atoms with Crippen molar-refractivity contribution in [1.29, 1.82) is 0 Å². The lowest BCUT2D eigenvalue weighted by molar-refractivity contribution is 0.241. The number of aliphatic hydroxyl groups excluding tert-OH is 1. The van der Waals surface area contributed by atoms with Crippen LogP contribution in [0.1, 0.15) is 46.5 Å². The van der Waals surface area contributed by atoms with Gasteiger partial charge in [-0.1, -0.05) is 13.3 Å². The van der Waals surface area contributed by atoms with Crippen LogP contribution in [0.25, 0.3) is 0 Å². The maximum absolute atomic E-state index is 9.03. The first-order valence-electron chi connectivity index (χ1n) is 7.25. The smallest absolute Gasteiger partial charge is 0.0434 e. The van der Waals surface area contributed by atoms with Crippen LogP contribution in [0, 0.1) is 5.92 Å². The fourth-order valence-corrected chi connectivity index (χ4v) is 2.70. The third-order valence-corrected chi connectivity index (χ3v) is 3.88. The zero-order valence-electron chi connectivity index (χ0n) is 11.8. The van der Waals surface area contributed by atoms with Gasteiger partial charge < -0.3 is 10.4 Å². The molecule has 0 spiro atoms. The van der Waals surface area contributed by atoms with Gasteiger partial charge in [-0.05, 0) is 52.1 Å². The van der Waals surface area contributed by atoms with E-state index < -0.39 is 0 Å². The Morgan fingerprint density at radius 1 is 1.35 bits per heavy atom. The molecule has 0 aromatic heterocycles. The van der Waals surface area contributed by atoms with Crippen molar-refractivity contribution in [2.45, 2.75) is 58.5 Å². The van der Waals surface area contributed by atoms with Crippen LogP contribution in [0.3, 0.4) is 0 Å². The fraction of sp³-hybridized carbons (Fsp3) is 1.00. The second-order valence-corrected chi connectivity index (χ2v) is 5.65. The number of hydrogen-bond acceptors (Lipinski definition) is 3. The summed E-state index contributed by atoms with van der Waals surface area (Å²) in [5, 5.41) is 12.7. The third-order valence-electron chi connectivity index (χ3n) is 3.88. The Balaban J connectivity index is 2.21. The zero-order chi connectivity index (χ0) is 12.7. The molecule has 2 atom stereocenters. The van der Waals surface area contributed by atoms with Gasteiger partial charge in [-0.3, -0.25) is 4.90 Å². The highest BCUT2D eigenvalue weighted by Crippen LogP contribution is 2.14. The fourth-order valence-electron chi connectivity index (χ4n) is 2.70. The summed E-state index contributed by atoms with van der Waals surface area (Å²) < 4.78 is 0. The lowest BCUT2D eigenvalue weighted by Crippen LogP contribution is -2.37. The molecular formula is C14H30N2O. The van der Waals surface area contributed by atoms with Crippen LogP contribution in [-0.2, 0) is 0 Å². The van der Waals surface area contributed by atoms with Crippen molar-refractivity contribution in [1.82, 2.24) is 10.2 Å². The first-order valence-corrected chi connectivity index (χ1v) is 7.25. The van der Waals surface area contributed by atoms with Gasteiger partial charge in [-0.2, -0.15) is 0 Å². The molecule has 3 nitrogen and oxygen atoms in total. The molecule has 102 valence electrons. The number of hydrogen-bond donors (Lipinski definition) is 2. The van der Waals surface area contributed by atoms with E-state index in [2.05, 4.69) is 31.0 Å². The molecule has 2 N–H and O–H groups in total. The predicted octanol–water partition coefficient (Wildman–Crippen LogP) is 1.86. The Kier molecular flexibility index (Phi) is 7.09. The molecule has 0 saturated carbocycles. The molecule has 0 aromatic rings. The van der Waals surface area contributed by atoms with Crippen molar-refractivity contribution >= 4 is 0 Å². The summed E-state index contributed by atoms with van der Waals surface area (Å²) in [4.78, 5) is 2.54. The van der Waals surface area contributed by atoms with Crippen molar-refractivity contribution in [2.24, 2.45) is 5.92 Å². The van der Waals surface area contributed by atoms with E-state index in [1.165, 1.54) is 32.4 Å². The Morgan fingerprint density at radius 3 is 2.65 bits per heavy atom. The number of nitrogens with one attached hydrogen (secondary N) is 1. The van der Waals surface area contributed by atoms with Gasteiger partial charge in [0.25, 0.3) is 0 Å². The molecule has 1 saturated heterocycles. The maximum atomic E-state index is 9.03. The van der Waals surface area contributed by atoms with Gasteiger partial charge in [-0.15, -0.1) is 0 Å². The van der Waals surface area contributed by atoms with Gasteiger partial charge in [0.1, 0.15) is 0 Å². The van der Waals surface area contributed by atoms with Gasteiger partial charge in [0.2, 0.25) is 0 Å². The van der Waals surface area contributed by atoms with Crippen LogP contribution >= 0.6 is 0 Å². The molecule has 1 heterocycles. The molecular weight excluding hydrogens is 212 g/mol. The van der Waals surface area contributed by atoms with Gasteiger partial charge in [0.05, 0.1) is 0 Å². The maximum Gasteiger partial charge on any atom is 0.0434 e. The summed E-state index contributed by atoms with van der Waals surface area (Å²) in [5.74, 6) is 0.651. The highest BCUT2D eigenvalue weighted by Gasteiger charge is 2.24. The number of aliphatic hydroxyl groups is 1. The number of nitrogens with zero attached hydrogens (tertiary/aromatic N) is 1. The first kappa shape index (κ1) is 14.9. The Bertz CT molecular complexity index is 191. The minimum atomic E-state index is 0.329. The Morgan fingerprint density at radius 2 is 2.12 bits per heavy atom. The van der Waals surface area contributed by atoms with Crippen LogP contribution in [0.2, 0.25) is 0 Å². The van der Waals surface area contributed by atoms with E-state index in [1.54, 1.807) is 0 Å². The van der Waals surface area contributed by atoms with Gasteiger partial charge in [-0.25, -0.2) is 0 Å². The molecule has 0 bridgehead atoms. The monoisotopic (exact) mass is 242 g/mol. The van der Waals surface area contributed by atoms with Gasteiger partial charge >= 0.3 is 0 Å². The Labute approximate surface area is 107 Å². The predicted molar refractivity (Wildman–Crippen MR) is 73.2 cm³/mol. The normalized spacial score (nSPS) is 23.5. The highest BCUT2D eigenvalue weighted by molar-refractivity contribution is 4.83. The summed E-state index contributed by atoms with van der Waals surface area (Å²) in [5.41, 5.74) is 0. The van der Waals surface area contributed by atoms with E-state index in [0.29, 0.717) is 24.6 Å². The molecule has 1 aliphatic rings. The van der Waals surface area contributed by atoms with E-state index >= 15 is 0 Å². The molecule has 0 aliphatic carbocycles. The highest BCUT2D eigenvalue weighted by atomic mass is 16.3. The van der Waals surface area contributed by atoms with E-state index in [-0.39, 0.29) is 0 Å². The minimum absolute atomic E-state index is 0.329. The minimum Gasteiger partial charge on any atom is -0.396 e. The molecule has 17 heavy (non-hydrogen) atoms. The molecule has 0 amide bonds. The summed E-state index contributed by atoms with van der Waals surface area (Å²) in [7, 11) is 0. The standard InChI is InChI=1S/C14H30N2O/c1-4-5-13(7-9-17)10-15-14-6-8-16(11-14)12(2)3/h12-15,17H,4-11H2,1-3H3. The lowest BCUT2D eigenvalue weighted by Gasteiger charge is -2.22. The second-order valence-electron chi connectivity index (χ2n) is 5.65. The van der Waals surface area contributed by atoms with Crippen molar-refractivity contribution in [3.8, 4) is 0 Å². The average Bonchev–Trinajstić information content (AvgIpc) is 2.75. The molecule has 0 radical (unpaired) electrons. The third kappa shape index (κ3) is 5.36. The van der Waals surface area contributed by atoms with E-state index in [1.807, 2.05) is 0 Å². The van der Waals surface area contributed by atoms with Crippen LogP contribution in [0.4, 0.5) is 0 Å². The quantitative estimate of drug-likeness (QED) is 0.682. The summed E-state index contributed by atoms with van der Waals surface area (Å²) in [6.45, 7) is 10.6. The molecule has 1 fully saturated rings. The molecule has 1 rings (SSSR count). The van der Waals surface area contributed by atoms with Gasteiger partial charge in [0.15, 0.2) is 0 Å². The van der Waals surface area contributed by atoms with Crippen LogP contribution in [-0.4, -0.2) is 48.3 Å². The molecule has 3 heteroatoms. The topological polar surface area (TPSA) is 35.5 Å². The molecule has 1 aliphatic heterocycles. The summed E-state index contributed by atoms with van der Waals surface area (Å²) >= 11 is 0. The van der Waals surface area contributed by atoms with Crippen molar-refractivity contribution in [3.05, 3.63) is 0 Å². The lowest BCUT2D eigenvalue weighted by atomic mass is 10.00. The van der Waals surface area contributed by atoms with Crippen LogP contribution in [0.5, 0.6) is 0 Å².